The number of hydrogen-bond acceptors (Lipinski definition) is 20. The summed E-state index contributed by atoms with van der Waals surface area (Å²) in [7, 11) is 4.32. The number of nitrogens with zero attached hydrogens (tertiary/aromatic N) is 6. The van der Waals surface area contributed by atoms with E-state index in [-0.39, 0.29) is 92.5 Å². The normalized spacial score (nSPS) is 22.0. The van der Waals surface area contributed by atoms with Gasteiger partial charge in [0.05, 0.1) is 38.7 Å². The van der Waals surface area contributed by atoms with Crippen LogP contribution < -0.4 is 50.2 Å². The summed E-state index contributed by atoms with van der Waals surface area (Å²) in [5.74, 6) is 1.99. The van der Waals surface area contributed by atoms with Gasteiger partial charge in [0.2, 0.25) is 23.7 Å². The third-order valence-corrected chi connectivity index (χ3v) is 21.7. The number of amides is 3. The molecule has 3 aromatic carbocycles. The molecule has 8 fully saturated rings. The number of rotatable bonds is 5. The molecule has 23 nitrogen and oxygen atoms in total. The van der Waals surface area contributed by atoms with Gasteiger partial charge in [-0.25, -0.2) is 38.4 Å². The van der Waals surface area contributed by atoms with Gasteiger partial charge in [-0.1, -0.05) is 24.4 Å². The van der Waals surface area contributed by atoms with Crippen LogP contribution in [-0.4, -0.2) is 174 Å². The Labute approximate surface area is 627 Å². The summed E-state index contributed by atoms with van der Waals surface area (Å²) in [5, 5.41) is 4.22. The number of nitrogens with two attached hydrogens (primary N) is 1. The van der Waals surface area contributed by atoms with Crippen LogP contribution in [0.4, 0.5) is 30.2 Å². The zero-order valence-corrected chi connectivity index (χ0v) is 63.9. The van der Waals surface area contributed by atoms with E-state index >= 15 is 0 Å². The Hall–Kier alpha value is -5.85. The number of halogens is 3. The van der Waals surface area contributed by atoms with E-state index in [1.165, 1.54) is 50.1 Å². The molecule has 3 aromatic rings. The average Bonchev–Trinajstić information content (AvgIpc) is 1.61. The van der Waals surface area contributed by atoms with Gasteiger partial charge >= 0.3 is 41.5 Å². The van der Waals surface area contributed by atoms with E-state index in [9.17, 15) is 46.7 Å². The van der Waals surface area contributed by atoms with Crippen molar-refractivity contribution in [1.82, 2.24) is 9.80 Å². The van der Waals surface area contributed by atoms with E-state index in [4.69, 9.17) is 23.8 Å². The molecule has 103 heavy (non-hydrogen) atoms. The van der Waals surface area contributed by atoms with E-state index in [0.29, 0.717) is 70.2 Å². The molecule has 2 N–H and O–H groups in total. The SMILES string of the molecule is CC(=O)N1CC2(CCCCC2)c2cc(F)ccc21.CC(=O)N1CC2(CCN(C3CCC4(CC3)OCCO4)CC2)c2cc(F)ccc21.CC(=O)OOC(C)=O.CCON.CCON=C1CCC(N2CCC3(CC2)CN(C(C)=O)c2ccc(F)cc23)CC1.O=C1CCC2(CC1)OCCO2.[B-]OC(C)=O.[Na+]. The maximum Gasteiger partial charge on any atom is 1.00 e. The van der Waals surface area contributed by atoms with Crippen molar-refractivity contribution in [2.75, 3.05) is 100 Å². The maximum absolute atomic E-state index is 14.0. The molecule has 3 amide bonds. The standard InChI is InChI=1S/C22H30FN3O2.C22H29FN2O3.C15H18FNO.C8H12O3.C4H6O4.C2H3BO2.C2H7NO.Na/c1-3-28-24-18-5-7-19(8-6-18)25-12-10-22(11-13-25)15-26(16(2)27)21-9-4-17(23)14-20(21)22;1-16(26)25-15-21(19-14-17(23)2-3-20(19)25)8-10-24(11-9-21)18-4-6-22(7-5-18)27-12-13-28-22;1-11(18)17-10-15(7-3-2-4-8-15)13-9-12(16)5-6-14(13)17;9-7-1-3-8(4-2-7)10-5-6-11-8;1-3(5)7-8-4(2)6;1-2(4)5-3;1-2-4-3;/h4,9,14,19H,3,5-8,10-13,15H2,1-2H3;2-3,14,18H,4-13,15H2,1H3;5-6,9H,2-4,7-8,10H2,1H3;1-6H2;1-2H3;1H3;2-3H2,1H3;/q;;;;;-1;;+1. The molecular formula is C75H105BF3N7NaO16. The summed E-state index contributed by atoms with van der Waals surface area (Å²) < 4.78 is 67.8. The quantitative estimate of drug-likeness (QED) is 0.145. The van der Waals surface area contributed by atoms with Crippen LogP contribution in [0.1, 0.15) is 207 Å². The molecule has 0 atom stereocenters. The van der Waals surface area contributed by atoms with Crippen molar-refractivity contribution in [3.05, 3.63) is 88.7 Å². The van der Waals surface area contributed by atoms with Crippen LogP contribution >= 0.6 is 0 Å². The second-order valence-corrected chi connectivity index (χ2v) is 28.3. The largest absolute Gasteiger partial charge is 1.00 e. The summed E-state index contributed by atoms with van der Waals surface area (Å²) in [6, 6.07) is 15.8. The molecule has 0 aromatic heterocycles. The minimum atomic E-state index is -0.639. The summed E-state index contributed by atoms with van der Waals surface area (Å²) >= 11 is 0. The topological polar surface area (TPSA) is 257 Å². The van der Waals surface area contributed by atoms with Gasteiger partial charge in [0.15, 0.2) is 11.6 Å². The number of carbonyl (C=O) groups excluding carboxylic acids is 7. The fourth-order valence-corrected chi connectivity index (χ4v) is 16.5. The minimum absolute atomic E-state index is 0. The molecule has 561 valence electrons. The number of oxime groups is 1. The molecule has 3 radical (unpaired) electrons. The first-order chi connectivity index (χ1) is 48.8. The van der Waals surface area contributed by atoms with Crippen LogP contribution in [-0.2, 0) is 92.9 Å². The Balaban J connectivity index is 0.000000184. The van der Waals surface area contributed by atoms with Crippen LogP contribution in [0.2, 0.25) is 0 Å². The first-order valence-electron chi connectivity index (χ1n) is 36.3. The number of likely N-dealkylation sites (tertiary alicyclic amines) is 2. The second kappa shape index (κ2) is 39.1. The molecule has 28 heteroatoms. The number of anilines is 3. The fraction of sp³-hybridized carbons (Fsp3) is 0.653. The van der Waals surface area contributed by atoms with E-state index in [2.05, 4.69) is 48.2 Å². The fourth-order valence-electron chi connectivity index (χ4n) is 16.5. The zero-order valence-electron chi connectivity index (χ0n) is 61.9. The molecular weight excluding hydrogens is 1350 g/mol. The van der Waals surface area contributed by atoms with Crippen LogP contribution in [0.5, 0.6) is 0 Å². The van der Waals surface area contributed by atoms with Gasteiger partial charge in [0, 0.05) is 145 Å². The summed E-state index contributed by atoms with van der Waals surface area (Å²) in [6.07, 6.45) is 20.9. The number of ether oxygens (including phenoxy) is 4. The zero-order chi connectivity index (χ0) is 73.8. The van der Waals surface area contributed by atoms with Gasteiger partial charge in [0.25, 0.3) is 0 Å². The second-order valence-electron chi connectivity index (χ2n) is 28.3. The number of ketones is 1. The molecule has 5 spiro atoms. The molecule has 4 saturated carbocycles. The summed E-state index contributed by atoms with van der Waals surface area (Å²) in [5.41, 5.74) is 6.82. The average molecular weight is 1450 g/mol. The van der Waals surface area contributed by atoms with E-state index in [1.807, 2.05) is 28.5 Å². The number of fused-ring (bicyclic) bond motifs is 6. The van der Waals surface area contributed by atoms with Crippen molar-refractivity contribution < 1.29 is 119 Å². The molecule has 11 aliphatic rings. The molecule has 7 heterocycles. The predicted octanol–water partition coefficient (Wildman–Crippen LogP) is 7.90. The Morgan fingerprint density at radius 3 is 1.17 bits per heavy atom. The van der Waals surface area contributed by atoms with E-state index in [1.54, 1.807) is 57.2 Å². The molecule has 4 saturated heterocycles. The molecule has 7 aliphatic heterocycles. The van der Waals surface area contributed by atoms with Crippen LogP contribution in [0.25, 0.3) is 0 Å². The van der Waals surface area contributed by atoms with Crippen molar-refractivity contribution in [3.8, 4) is 0 Å². The van der Waals surface area contributed by atoms with Crippen molar-refractivity contribution in [1.29, 1.82) is 0 Å². The molecule has 0 unspecified atom stereocenters. The molecule has 0 bridgehead atoms. The van der Waals surface area contributed by atoms with Crippen molar-refractivity contribution >= 4 is 72.2 Å². The Kier molecular flexibility index (Phi) is 32.1. The smallest absolute Gasteiger partial charge is 0.793 e. The van der Waals surface area contributed by atoms with Gasteiger partial charge in [-0.15, -0.1) is 0 Å². The van der Waals surface area contributed by atoms with Crippen LogP contribution in [0.3, 0.4) is 0 Å². The van der Waals surface area contributed by atoms with Crippen molar-refractivity contribution in [3.63, 3.8) is 0 Å². The summed E-state index contributed by atoms with van der Waals surface area (Å²) in [4.78, 5) is 104. The Morgan fingerprint density at radius 2 is 0.845 bits per heavy atom. The first kappa shape index (κ1) is 84.4. The monoisotopic (exact) mass is 1450 g/mol. The van der Waals surface area contributed by atoms with Gasteiger partial charge < -0.3 is 65.8 Å². The van der Waals surface area contributed by atoms with Gasteiger partial charge in [-0.05, 0) is 188 Å². The Morgan fingerprint density at radius 1 is 0.505 bits per heavy atom. The van der Waals surface area contributed by atoms with E-state index in [0.717, 1.165) is 196 Å². The first-order valence-corrected chi connectivity index (χ1v) is 36.3. The van der Waals surface area contributed by atoms with Gasteiger partial charge in [-0.2, -0.15) is 0 Å². The number of benzene rings is 3. The van der Waals surface area contributed by atoms with E-state index < -0.39 is 17.9 Å². The number of carbonyl (C=O) groups is 7. The van der Waals surface area contributed by atoms with Gasteiger partial charge in [-0.3, -0.25) is 24.0 Å². The number of hydrogen-bond donors (Lipinski definition) is 1. The molecule has 14 rings (SSSR count). The van der Waals surface area contributed by atoms with Gasteiger partial charge in [0.1, 0.15) is 29.8 Å². The van der Waals surface area contributed by atoms with Crippen LogP contribution in [0, 0.1) is 17.5 Å². The van der Waals surface area contributed by atoms with Crippen LogP contribution in [0.15, 0.2) is 59.8 Å². The third kappa shape index (κ3) is 22.2. The van der Waals surface area contributed by atoms with Crippen molar-refractivity contribution in [2.24, 2.45) is 11.1 Å². The molecule has 4 aliphatic carbocycles. The third-order valence-electron chi connectivity index (χ3n) is 21.7. The number of Topliss-reactive ketones (excluding diaryl/α,β-unsaturated/α-hetero) is 1. The maximum atomic E-state index is 14.0. The minimum Gasteiger partial charge on any atom is -0.793 e. The van der Waals surface area contributed by atoms with Crippen molar-refractivity contribution in [2.45, 2.75) is 230 Å². The number of piperidine rings is 2. The predicted molar refractivity (Wildman–Crippen MR) is 376 cm³/mol. The Bertz CT molecular complexity index is 3350. The summed E-state index contributed by atoms with van der Waals surface area (Å²) in [6.45, 7) is 22.3.